The van der Waals surface area contributed by atoms with Gasteiger partial charge in [0.15, 0.2) is 0 Å². The van der Waals surface area contributed by atoms with Crippen molar-refractivity contribution in [3.8, 4) is 11.5 Å². The number of aryl methyl sites for hydroxylation is 3. The predicted molar refractivity (Wildman–Crippen MR) is 79.2 cm³/mol. The van der Waals surface area contributed by atoms with Crippen LogP contribution in [0.3, 0.4) is 0 Å². The lowest BCUT2D eigenvalue weighted by Gasteiger charge is -2.12. The van der Waals surface area contributed by atoms with Crippen LogP contribution >= 0.6 is 11.6 Å². The van der Waals surface area contributed by atoms with Crippen LogP contribution in [-0.4, -0.2) is 4.98 Å². The van der Waals surface area contributed by atoms with Crippen molar-refractivity contribution in [2.75, 3.05) is 0 Å². The molecule has 1 heterocycles. The Morgan fingerprint density at radius 1 is 1.11 bits per heavy atom. The summed E-state index contributed by atoms with van der Waals surface area (Å²) in [6, 6.07) is 9.96. The van der Waals surface area contributed by atoms with Gasteiger partial charge in [-0.1, -0.05) is 19.1 Å². The van der Waals surface area contributed by atoms with E-state index in [0.29, 0.717) is 5.88 Å². The van der Waals surface area contributed by atoms with Gasteiger partial charge in [0.25, 0.3) is 0 Å². The van der Waals surface area contributed by atoms with Gasteiger partial charge in [-0.2, -0.15) is 0 Å². The molecule has 0 atom stereocenters. The number of hydrogen-bond acceptors (Lipinski definition) is 2. The summed E-state index contributed by atoms with van der Waals surface area (Å²) in [6.07, 6.45) is 0.857. The van der Waals surface area contributed by atoms with E-state index in [1.165, 1.54) is 0 Å². The first-order chi connectivity index (χ1) is 9.13. The topological polar surface area (TPSA) is 22.1 Å². The van der Waals surface area contributed by atoms with E-state index in [1.807, 2.05) is 38.1 Å². The van der Waals surface area contributed by atoms with Gasteiger partial charge in [-0.3, -0.25) is 4.98 Å². The normalized spacial score (nSPS) is 10.5. The Kier molecular flexibility index (Phi) is 4.43. The van der Waals surface area contributed by atoms with Gasteiger partial charge in [-0.05, 0) is 49.6 Å². The van der Waals surface area contributed by atoms with E-state index < -0.39 is 0 Å². The average Bonchev–Trinajstić information content (AvgIpc) is 2.42. The van der Waals surface area contributed by atoms with Crippen molar-refractivity contribution >= 4 is 11.6 Å². The van der Waals surface area contributed by atoms with Gasteiger partial charge >= 0.3 is 0 Å². The third-order valence-electron chi connectivity index (χ3n) is 3.02. The summed E-state index contributed by atoms with van der Waals surface area (Å²) in [5.41, 5.74) is 4.18. The molecule has 19 heavy (non-hydrogen) atoms. The summed E-state index contributed by atoms with van der Waals surface area (Å²) in [5, 5.41) is 0. The number of benzene rings is 1. The van der Waals surface area contributed by atoms with Crippen LogP contribution in [0.15, 0.2) is 30.3 Å². The minimum Gasteiger partial charge on any atom is -0.455 e. The van der Waals surface area contributed by atoms with Crippen molar-refractivity contribution in [1.29, 1.82) is 0 Å². The van der Waals surface area contributed by atoms with Crippen molar-refractivity contribution in [3.05, 3.63) is 52.8 Å². The third-order valence-corrected chi connectivity index (χ3v) is 3.33. The SMILES string of the molecule is CCc1nc(C)ccc1Oc1ccc(CCl)cc1C. The smallest absolute Gasteiger partial charge is 0.148 e. The van der Waals surface area contributed by atoms with Gasteiger partial charge in [0.05, 0.1) is 5.69 Å². The lowest BCUT2D eigenvalue weighted by Crippen LogP contribution is -1.97. The number of ether oxygens (including phenoxy) is 1. The number of rotatable bonds is 4. The fourth-order valence-corrected chi connectivity index (χ4v) is 2.14. The standard InChI is InChI=1S/C16H18ClNO/c1-4-14-16(7-5-12(3)18-14)19-15-8-6-13(10-17)9-11(15)2/h5-9H,4,10H2,1-3H3. The number of pyridine rings is 1. The van der Waals surface area contributed by atoms with E-state index in [4.69, 9.17) is 16.3 Å². The van der Waals surface area contributed by atoms with Crippen molar-refractivity contribution in [1.82, 2.24) is 4.98 Å². The summed E-state index contributed by atoms with van der Waals surface area (Å²) >= 11 is 5.83. The molecule has 0 fully saturated rings. The molecule has 2 rings (SSSR count). The highest BCUT2D eigenvalue weighted by Crippen LogP contribution is 2.28. The van der Waals surface area contributed by atoms with Crippen molar-refractivity contribution in [2.45, 2.75) is 33.1 Å². The second-order valence-corrected chi connectivity index (χ2v) is 4.85. The van der Waals surface area contributed by atoms with Crippen LogP contribution in [0.5, 0.6) is 11.5 Å². The van der Waals surface area contributed by atoms with Crippen LogP contribution in [0, 0.1) is 13.8 Å². The molecule has 1 aromatic carbocycles. The third kappa shape index (κ3) is 3.27. The lowest BCUT2D eigenvalue weighted by atomic mass is 10.1. The van der Waals surface area contributed by atoms with Gasteiger partial charge in [0.2, 0.25) is 0 Å². The van der Waals surface area contributed by atoms with E-state index in [0.717, 1.165) is 40.4 Å². The molecule has 0 unspecified atom stereocenters. The molecule has 0 amide bonds. The number of aromatic nitrogens is 1. The maximum Gasteiger partial charge on any atom is 0.148 e. The van der Waals surface area contributed by atoms with Gasteiger partial charge in [-0.25, -0.2) is 0 Å². The van der Waals surface area contributed by atoms with Crippen LogP contribution in [0.2, 0.25) is 0 Å². The molecule has 0 N–H and O–H groups in total. The molecule has 0 saturated heterocycles. The molecule has 0 radical (unpaired) electrons. The molecule has 0 spiro atoms. The highest BCUT2D eigenvalue weighted by Gasteiger charge is 2.07. The van der Waals surface area contributed by atoms with Crippen LogP contribution in [0.4, 0.5) is 0 Å². The summed E-state index contributed by atoms with van der Waals surface area (Å²) in [6.45, 7) is 6.10. The largest absolute Gasteiger partial charge is 0.455 e. The number of nitrogens with zero attached hydrogens (tertiary/aromatic N) is 1. The maximum atomic E-state index is 5.98. The maximum absolute atomic E-state index is 5.98. The van der Waals surface area contributed by atoms with Gasteiger partial charge < -0.3 is 4.74 Å². The Hall–Kier alpha value is -1.54. The zero-order chi connectivity index (χ0) is 13.8. The van der Waals surface area contributed by atoms with Gasteiger partial charge in [-0.15, -0.1) is 11.6 Å². The molecule has 2 nitrogen and oxygen atoms in total. The molecule has 0 aliphatic carbocycles. The quantitative estimate of drug-likeness (QED) is 0.748. The Labute approximate surface area is 119 Å². The minimum atomic E-state index is 0.521. The van der Waals surface area contributed by atoms with Gasteiger partial charge in [0.1, 0.15) is 11.5 Å². The monoisotopic (exact) mass is 275 g/mol. The van der Waals surface area contributed by atoms with Crippen LogP contribution in [-0.2, 0) is 12.3 Å². The van der Waals surface area contributed by atoms with Crippen molar-refractivity contribution in [3.63, 3.8) is 0 Å². The first-order valence-electron chi connectivity index (χ1n) is 6.44. The van der Waals surface area contributed by atoms with Crippen molar-refractivity contribution < 1.29 is 4.74 Å². The fraction of sp³-hybridized carbons (Fsp3) is 0.312. The molecule has 3 heteroatoms. The van der Waals surface area contributed by atoms with E-state index in [9.17, 15) is 0 Å². The van der Waals surface area contributed by atoms with Crippen LogP contribution in [0.1, 0.15) is 29.4 Å². The average molecular weight is 276 g/mol. The zero-order valence-corrected chi connectivity index (χ0v) is 12.3. The first-order valence-corrected chi connectivity index (χ1v) is 6.97. The Balaban J connectivity index is 2.31. The second kappa shape index (κ2) is 6.07. The summed E-state index contributed by atoms with van der Waals surface area (Å²) < 4.78 is 5.98. The molecule has 0 bridgehead atoms. The minimum absolute atomic E-state index is 0.521. The van der Waals surface area contributed by atoms with Crippen LogP contribution < -0.4 is 4.74 Å². The Morgan fingerprint density at radius 3 is 2.47 bits per heavy atom. The molecule has 0 aliphatic rings. The second-order valence-electron chi connectivity index (χ2n) is 4.59. The predicted octanol–water partition coefficient (Wildman–Crippen LogP) is 4.79. The summed E-state index contributed by atoms with van der Waals surface area (Å²) in [5.74, 6) is 2.21. The Bertz CT molecular complexity index is 581. The molecular formula is C16H18ClNO. The highest BCUT2D eigenvalue weighted by atomic mass is 35.5. The molecule has 0 saturated carbocycles. The van der Waals surface area contributed by atoms with E-state index in [-0.39, 0.29) is 0 Å². The molecule has 0 aliphatic heterocycles. The molecule has 1 aromatic heterocycles. The number of alkyl halides is 1. The number of halogens is 1. The first kappa shape index (κ1) is 13.9. The molecule has 100 valence electrons. The Morgan fingerprint density at radius 2 is 1.84 bits per heavy atom. The van der Waals surface area contributed by atoms with E-state index >= 15 is 0 Å². The molecule has 2 aromatic rings. The fourth-order valence-electron chi connectivity index (χ4n) is 1.97. The van der Waals surface area contributed by atoms with E-state index in [1.54, 1.807) is 0 Å². The van der Waals surface area contributed by atoms with E-state index in [2.05, 4.69) is 18.0 Å². The highest BCUT2D eigenvalue weighted by molar-refractivity contribution is 6.17. The molecular weight excluding hydrogens is 258 g/mol. The summed E-state index contributed by atoms with van der Waals surface area (Å²) in [7, 11) is 0. The summed E-state index contributed by atoms with van der Waals surface area (Å²) in [4.78, 5) is 4.51. The van der Waals surface area contributed by atoms with Crippen molar-refractivity contribution in [2.24, 2.45) is 0 Å². The van der Waals surface area contributed by atoms with Crippen LogP contribution in [0.25, 0.3) is 0 Å². The number of hydrogen-bond donors (Lipinski definition) is 0. The van der Waals surface area contributed by atoms with Gasteiger partial charge in [0, 0.05) is 11.6 Å². The zero-order valence-electron chi connectivity index (χ0n) is 11.5. The lowest BCUT2D eigenvalue weighted by molar-refractivity contribution is 0.469.